The molecule has 0 spiro atoms. The summed E-state index contributed by atoms with van der Waals surface area (Å²) in [6.07, 6.45) is 6.42. The van der Waals surface area contributed by atoms with Crippen LogP contribution in [0.1, 0.15) is 49.7 Å². The van der Waals surface area contributed by atoms with Gasteiger partial charge in [0.1, 0.15) is 0 Å². The van der Waals surface area contributed by atoms with E-state index in [0.29, 0.717) is 31.7 Å². The zero-order valence-electron chi connectivity index (χ0n) is 17.4. The predicted molar refractivity (Wildman–Crippen MR) is 110 cm³/mol. The summed E-state index contributed by atoms with van der Waals surface area (Å²) in [6, 6.07) is 8.08. The van der Waals surface area contributed by atoms with Crippen LogP contribution < -0.4 is 0 Å². The third-order valence-corrected chi connectivity index (χ3v) is 6.03. The molecule has 2 saturated heterocycles. The Morgan fingerprint density at radius 1 is 1.07 bits per heavy atom. The van der Waals surface area contributed by atoms with E-state index in [1.165, 1.54) is 12.7 Å². The lowest BCUT2D eigenvalue weighted by atomic mass is 9.97. The van der Waals surface area contributed by atoms with Gasteiger partial charge in [-0.05, 0) is 42.7 Å². The van der Waals surface area contributed by atoms with Crippen LogP contribution in [0.5, 0.6) is 0 Å². The smallest absolute Gasteiger partial charge is 0.309 e. The Kier molecular flexibility index (Phi) is 7.67. The summed E-state index contributed by atoms with van der Waals surface area (Å²) in [7, 11) is 1.40. The minimum Gasteiger partial charge on any atom is -0.469 e. The fraction of sp³-hybridized carbons (Fsp3) is 0.609. The van der Waals surface area contributed by atoms with Gasteiger partial charge in [-0.1, -0.05) is 30.7 Å². The van der Waals surface area contributed by atoms with E-state index in [2.05, 4.69) is 12.1 Å². The molecule has 158 valence electrons. The lowest BCUT2D eigenvalue weighted by Gasteiger charge is -2.22. The van der Waals surface area contributed by atoms with Gasteiger partial charge in [0.2, 0.25) is 11.8 Å². The Labute approximate surface area is 173 Å². The van der Waals surface area contributed by atoms with E-state index in [0.717, 1.165) is 57.3 Å². The van der Waals surface area contributed by atoms with Crippen LogP contribution >= 0.6 is 0 Å². The van der Waals surface area contributed by atoms with Crippen molar-refractivity contribution in [3.63, 3.8) is 0 Å². The highest BCUT2D eigenvalue weighted by molar-refractivity contribution is 5.79. The number of amides is 2. The summed E-state index contributed by atoms with van der Waals surface area (Å²) < 4.78 is 4.70. The van der Waals surface area contributed by atoms with Gasteiger partial charge in [0.15, 0.2) is 0 Å². The van der Waals surface area contributed by atoms with E-state index in [-0.39, 0.29) is 17.8 Å². The van der Waals surface area contributed by atoms with Crippen LogP contribution in [0.2, 0.25) is 0 Å². The lowest BCUT2D eigenvalue weighted by molar-refractivity contribution is -0.140. The van der Waals surface area contributed by atoms with Crippen molar-refractivity contribution in [2.24, 2.45) is 5.92 Å². The van der Waals surface area contributed by atoms with Crippen molar-refractivity contribution >= 4 is 17.8 Å². The van der Waals surface area contributed by atoms with Crippen molar-refractivity contribution in [3.05, 3.63) is 35.4 Å². The van der Waals surface area contributed by atoms with Crippen molar-refractivity contribution in [2.45, 2.75) is 51.4 Å². The van der Waals surface area contributed by atoms with Crippen LogP contribution in [-0.2, 0) is 32.0 Å². The summed E-state index contributed by atoms with van der Waals surface area (Å²) in [6.45, 7) is 2.94. The van der Waals surface area contributed by atoms with E-state index in [1.54, 1.807) is 0 Å². The van der Waals surface area contributed by atoms with E-state index in [4.69, 9.17) is 4.74 Å². The molecule has 1 atom stereocenters. The van der Waals surface area contributed by atoms with Gasteiger partial charge < -0.3 is 14.5 Å². The third-order valence-electron chi connectivity index (χ3n) is 6.03. The van der Waals surface area contributed by atoms with Gasteiger partial charge >= 0.3 is 5.97 Å². The number of ether oxygens (including phenoxy) is 1. The maximum absolute atomic E-state index is 12.6. The van der Waals surface area contributed by atoms with Crippen LogP contribution in [0, 0.1) is 5.92 Å². The number of benzene rings is 1. The van der Waals surface area contributed by atoms with Crippen LogP contribution in [0.15, 0.2) is 24.3 Å². The number of carbonyl (C=O) groups excluding carboxylic acids is 3. The largest absolute Gasteiger partial charge is 0.469 e. The minimum atomic E-state index is -0.232. The molecule has 0 radical (unpaired) electrons. The molecule has 1 aromatic rings. The molecule has 6 nitrogen and oxygen atoms in total. The van der Waals surface area contributed by atoms with Gasteiger partial charge in [0, 0.05) is 39.0 Å². The van der Waals surface area contributed by atoms with Gasteiger partial charge in [-0.2, -0.15) is 0 Å². The van der Waals surface area contributed by atoms with Crippen LogP contribution in [0.4, 0.5) is 0 Å². The minimum absolute atomic E-state index is 0.165. The Hall–Kier alpha value is -2.37. The number of hydrogen-bond donors (Lipinski definition) is 0. The first kappa shape index (κ1) is 21.3. The number of hydrogen-bond acceptors (Lipinski definition) is 4. The molecule has 2 amide bonds. The molecule has 1 unspecified atom stereocenters. The van der Waals surface area contributed by atoms with Gasteiger partial charge in [-0.3, -0.25) is 14.4 Å². The predicted octanol–water partition coefficient (Wildman–Crippen LogP) is 2.59. The molecule has 0 N–H and O–H groups in total. The third kappa shape index (κ3) is 6.31. The Bertz CT molecular complexity index is 716. The first-order valence-electron chi connectivity index (χ1n) is 10.8. The van der Waals surface area contributed by atoms with E-state index in [1.807, 2.05) is 21.9 Å². The highest BCUT2D eigenvalue weighted by Crippen LogP contribution is 2.22. The molecule has 2 fully saturated rings. The fourth-order valence-electron chi connectivity index (χ4n) is 4.25. The Balaban J connectivity index is 1.42. The van der Waals surface area contributed by atoms with Crippen molar-refractivity contribution in [3.8, 4) is 0 Å². The van der Waals surface area contributed by atoms with E-state index >= 15 is 0 Å². The molecule has 2 aliphatic heterocycles. The van der Waals surface area contributed by atoms with E-state index in [9.17, 15) is 14.4 Å². The molecule has 3 rings (SSSR count). The molecular weight excluding hydrogens is 368 g/mol. The number of nitrogens with zero attached hydrogens (tertiary/aromatic N) is 2. The second-order valence-electron chi connectivity index (χ2n) is 8.21. The Morgan fingerprint density at radius 3 is 2.59 bits per heavy atom. The topological polar surface area (TPSA) is 66.9 Å². The highest BCUT2D eigenvalue weighted by atomic mass is 16.5. The normalized spacial score (nSPS) is 19.9. The molecule has 1 aromatic carbocycles. The molecule has 2 heterocycles. The van der Waals surface area contributed by atoms with Crippen molar-refractivity contribution in [2.75, 3.05) is 33.3 Å². The van der Waals surface area contributed by atoms with Crippen LogP contribution in [-0.4, -0.2) is 60.9 Å². The maximum Gasteiger partial charge on any atom is 0.309 e. The molecule has 29 heavy (non-hydrogen) atoms. The molecule has 0 bridgehead atoms. The fourth-order valence-corrected chi connectivity index (χ4v) is 4.25. The zero-order chi connectivity index (χ0) is 20.6. The summed E-state index contributed by atoms with van der Waals surface area (Å²) in [5.41, 5.74) is 2.18. The molecule has 0 aliphatic carbocycles. The van der Waals surface area contributed by atoms with Gasteiger partial charge in [-0.25, -0.2) is 0 Å². The Morgan fingerprint density at radius 2 is 1.83 bits per heavy atom. The number of methoxy groups -OCH3 is 1. The summed E-state index contributed by atoms with van der Waals surface area (Å²) >= 11 is 0. The second-order valence-corrected chi connectivity index (χ2v) is 8.21. The van der Waals surface area contributed by atoms with Gasteiger partial charge in [0.05, 0.1) is 13.5 Å². The summed E-state index contributed by atoms with van der Waals surface area (Å²) in [4.78, 5) is 39.9. The zero-order valence-corrected chi connectivity index (χ0v) is 17.4. The van der Waals surface area contributed by atoms with Crippen molar-refractivity contribution in [1.29, 1.82) is 0 Å². The molecular formula is C23H32N2O4. The van der Waals surface area contributed by atoms with Gasteiger partial charge in [0.25, 0.3) is 0 Å². The number of likely N-dealkylation sites (tertiary alicyclic amines) is 2. The lowest BCUT2D eigenvalue weighted by Crippen LogP contribution is -2.36. The standard InChI is InChI=1S/C23H32N2O4/c1-29-23(28)16-19-8-6-18(7-9-19)15-20-10-13-25(17-20)22(27)11-14-24-12-4-2-3-5-21(24)26/h6-9,20H,2-5,10-17H2,1H3. The van der Waals surface area contributed by atoms with E-state index < -0.39 is 0 Å². The first-order chi connectivity index (χ1) is 14.0. The number of rotatable bonds is 7. The molecule has 6 heteroatoms. The maximum atomic E-state index is 12.6. The van der Waals surface area contributed by atoms with Gasteiger partial charge in [-0.15, -0.1) is 0 Å². The molecule has 2 aliphatic rings. The second kappa shape index (κ2) is 10.4. The van der Waals surface area contributed by atoms with Crippen LogP contribution in [0.3, 0.4) is 0 Å². The monoisotopic (exact) mass is 400 g/mol. The summed E-state index contributed by atoms with van der Waals surface area (Å²) in [5, 5.41) is 0. The SMILES string of the molecule is COC(=O)Cc1ccc(CC2CCN(C(=O)CCN3CCCCCC3=O)C2)cc1. The number of esters is 1. The number of carbonyl (C=O) groups is 3. The summed E-state index contributed by atoms with van der Waals surface area (Å²) in [5.74, 6) is 0.595. The van der Waals surface area contributed by atoms with Crippen LogP contribution in [0.25, 0.3) is 0 Å². The van der Waals surface area contributed by atoms with Crippen molar-refractivity contribution < 1.29 is 19.1 Å². The highest BCUT2D eigenvalue weighted by Gasteiger charge is 2.27. The first-order valence-corrected chi connectivity index (χ1v) is 10.8. The molecule has 0 saturated carbocycles. The average Bonchev–Trinajstić information content (AvgIpc) is 3.09. The average molecular weight is 401 g/mol. The quantitative estimate of drug-likeness (QED) is 0.660. The molecule has 0 aromatic heterocycles. The van der Waals surface area contributed by atoms with Crippen molar-refractivity contribution in [1.82, 2.24) is 9.80 Å².